The van der Waals surface area contributed by atoms with Gasteiger partial charge in [0.05, 0.1) is 0 Å². The van der Waals surface area contributed by atoms with E-state index in [0.717, 1.165) is 17.6 Å². The Kier molecular flexibility index (Phi) is 3.25. The van der Waals surface area contributed by atoms with Gasteiger partial charge in [0.1, 0.15) is 0 Å². The first-order valence-electron chi connectivity index (χ1n) is 6.07. The van der Waals surface area contributed by atoms with Crippen LogP contribution in [-0.4, -0.2) is 24.2 Å². The van der Waals surface area contributed by atoms with E-state index in [0.29, 0.717) is 0 Å². The molecule has 1 fully saturated rings. The van der Waals surface area contributed by atoms with Crippen LogP contribution < -0.4 is 10.2 Å². The maximum absolute atomic E-state index is 3.69. The van der Waals surface area contributed by atoms with E-state index in [1.165, 1.54) is 5.69 Å². The summed E-state index contributed by atoms with van der Waals surface area (Å²) in [6.07, 6.45) is 0. The summed E-state index contributed by atoms with van der Waals surface area (Å²) in [7, 11) is 0. The first-order valence-corrected chi connectivity index (χ1v) is 6.87. The highest BCUT2D eigenvalue weighted by Crippen LogP contribution is 2.27. The normalized spacial score (nSPS) is 22.5. The van der Waals surface area contributed by atoms with Gasteiger partial charge in [0.15, 0.2) is 0 Å². The summed E-state index contributed by atoms with van der Waals surface area (Å²) in [5.74, 6) is 0. The van der Waals surface area contributed by atoms with Crippen LogP contribution in [0.5, 0.6) is 0 Å². The fraction of sp³-hybridized carbons (Fsp3) is 0.571. The van der Waals surface area contributed by atoms with Crippen LogP contribution in [0.1, 0.15) is 27.7 Å². The van der Waals surface area contributed by atoms with E-state index >= 15 is 0 Å². The molecule has 1 aromatic carbocycles. The lowest BCUT2D eigenvalue weighted by Gasteiger charge is -2.49. The Hall–Kier alpha value is -0.540. The molecule has 0 atom stereocenters. The number of hydrogen-bond donors (Lipinski definition) is 1. The van der Waals surface area contributed by atoms with Crippen molar-refractivity contribution >= 4 is 21.6 Å². The van der Waals surface area contributed by atoms with Crippen LogP contribution in [0.2, 0.25) is 0 Å². The van der Waals surface area contributed by atoms with Crippen molar-refractivity contribution < 1.29 is 0 Å². The third-order valence-electron chi connectivity index (χ3n) is 3.04. The van der Waals surface area contributed by atoms with Crippen LogP contribution in [0, 0.1) is 0 Å². The van der Waals surface area contributed by atoms with Crippen molar-refractivity contribution in [2.75, 3.05) is 18.0 Å². The molecule has 0 saturated carbocycles. The van der Waals surface area contributed by atoms with Crippen LogP contribution in [0.25, 0.3) is 0 Å². The highest BCUT2D eigenvalue weighted by molar-refractivity contribution is 9.10. The van der Waals surface area contributed by atoms with Crippen molar-refractivity contribution in [2.24, 2.45) is 0 Å². The van der Waals surface area contributed by atoms with E-state index < -0.39 is 0 Å². The Morgan fingerprint density at radius 2 is 1.47 bits per heavy atom. The number of nitrogens with zero attached hydrogens (tertiary/aromatic N) is 1. The van der Waals surface area contributed by atoms with E-state index in [2.05, 4.69) is 78.1 Å². The quantitative estimate of drug-likeness (QED) is 0.854. The van der Waals surface area contributed by atoms with Gasteiger partial charge in [-0.2, -0.15) is 0 Å². The Morgan fingerprint density at radius 3 is 1.94 bits per heavy atom. The average molecular weight is 297 g/mol. The van der Waals surface area contributed by atoms with E-state index in [1.54, 1.807) is 0 Å². The predicted octanol–water partition coefficient (Wildman–Crippen LogP) is 3.42. The predicted molar refractivity (Wildman–Crippen MR) is 77.6 cm³/mol. The number of nitrogens with one attached hydrogen (secondary N) is 1. The highest BCUT2D eigenvalue weighted by atomic mass is 79.9. The van der Waals surface area contributed by atoms with Crippen molar-refractivity contribution in [3.8, 4) is 0 Å². The van der Waals surface area contributed by atoms with Crippen LogP contribution in [0.3, 0.4) is 0 Å². The number of rotatable bonds is 1. The Labute approximate surface area is 113 Å². The second-order valence-corrected chi connectivity index (χ2v) is 7.14. The minimum absolute atomic E-state index is 0.148. The van der Waals surface area contributed by atoms with Gasteiger partial charge in [-0.05, 0) is 52.0 Å². The Bertz CT molecular complexity index is 379. The first-order chi connectivity index (χ1) is 7.77. The van der Waals surface area contributed by atoms with Crippen molar-refractivity contribution in [3.05, 3.63) is 28.7 Å². The smallest absolute Gasteiger partial charge is 0.0368 e. The van der Waals surface area contributed by atoms with Crippen LogP contribution in [0.15, 0.2) is 28.7 Å². The molecule has 0 radical (unpaired) electrons. The fourth-order valence-electron chi connectivity index (χ4n) is 2.84. The average Bonchev–Trinajstić information content (AvgIpc) is 2.13. The van der Waals surface area contributed by atoms with Crippen molar-refractivity contribution in [2.45, 2.75) is 38.8 Å². The topological polar surface area (TPSA) is 15.3 Å². The summed E-state index contributed by atoms with van der Waals surface area (Å²) in [4.78, 5) is 2.46. The van der Waals surface area contributed by atoms with Gasteiger partial charge in [0.2, 0.25) is 0 Å². The molecule has 1 aliphatic rings. The van der Waals surface area contributed by atoms with Crippen molar-refractivity contribution in [1.82, 2.24) is 5.32 Å². The van der Waals surface area contributed by atoms with Gasteiger partial charge < -0.3 is 10.2 Å². The summed E-state index contributed by atoms with van der Waals surface area (Å²) < 4.78 is 1.13. The van der Waals surface area contributed by atoms with Gasteiger partial charge in [0.25, 0.3) is 0 Å². The number of hydrogen-bond acceptors (Lipinski definition) is 2. The van der Waals surface area contributed by atoms with Crippen LogP contribution in [-0.2, 0) is 0 Å². The summed E-state index contributed by atoms with van der Waals surface area (Å²) in [5.41, 5.74) is 1.60. The third-order valence-corrected chi connectivity index (χ3v) is 3.57. The molecule has 0 amide bonds. The number of anilines is 1. The molecule has 0 aliphatic carbocycles. The minimum Gasteiger partial charge on any atom is -0.368 e. The SMILES string of the molecule is CC1(C)CN(c2ccc(Br)cc2)CC(C)(C)N1. The van der Waals surface area contributed by atoms with Crippen molar-refractivity contribution in [1.29, 1.82) is 0 Å². The second kappa shape index (κ2) is 4.29. The van der Waals surface area contributed by atoms with Crippen LogP contribution >= 0.6 is 15.9 Å². The molecule has 1 N–H and O–H groups in total. The first kappa shape index (κ1) is 12.9. The lowest BCUT2D eigenvalue weighted by Crippen LogP contribution is -2.66. The molecule has 0 unspecified atom stereocenters. The van der Waals surface area contributed by atoms with Crippen molar-refractivity contribution in [3.63, 3.8) is 0 Å². The maximum atomic E-state index is 3.69. The molecule has 0 bridgehead atoms. The largest absolute Gasteiger partial charge is 0.368 e. The third kappa shape index (κ3) is 3.23. The molecule has 1 aromatic rings. The number of piperazine rings is 1. The zero-order chi connectivity index (χ0) is 12.7. The molecule has 1 saturated heterocycles. The molecule has 3 heteroatoms. The molecule has 1 heterocycles. The minimum atomic E-state index is 0.148. The van der Waals surface area contributed by atoms with Gasteiger partial charge in [-0.15, -0.1) is 0 Å². The zero-order valence-electron chi connectivity index (χ0n) is 11.0. The number of halogens is 1. The van der Waals surface area contributed by atoms with E-state index in [9.17, 15) is 0 Å². The molecule has 1 aliphatic heterocycles. The molecule has 17 heavy (non-hydrogen) atoms. The fourth-order valence-corrected chi connectivity index (χ4v) is 3.10. The molecule has 2 nitrogen and oxygen atoms in total. The molecular weight excluding hydrogens is 276 g/mol. The monoisotopic (exact) mass is 296 g/mol. The Morgan fingerprint density at radius 1 is 1.00 bits per heavy atom. The van der Waals surface area contributed by atoms with Gasteiger partial charge in [-0.3, -0.25) is 0 Å². The molecule has 94 valence electrons. The van der Waals surface area contributed by atoms with E-state index in [1.807, 2.05) is 0 Å². The molecule has 2 rings (SSSR count). The standard InChI is InChI=1S/C14H21BrN2/c1-13(2)9-17(10-14(3,4)16-13)12-7-5-11(15)6-8-12/h5-8,16H,9-10H2,1-4H3. The van der Waals surface area contributed by atoms with Crippen LogP contribution in [0.4, 0.5) is 5.69 Å². The second-order valence-electron chi connectivity index (χ2n) is 6.23. The zero-order valence-corrected chi connectivity index (χ0v) is 12.6. The summed E-state index contributed by atoms with van der Waals surface area (Å²) in [6.45, 7) is 11.1. The van der Waals surface area contributed by atoms with Gasteiger partial charge in [-0.1, -0.05) is 15.9 Å². The molecular formula is C14H21BrN2. The summed E-state index contributed by atoms with van der Waals surface area (Å²) in [5, 5.41) is 3.69. The van der Waals surface area contributed by atoms with Gasteiger partial charge in [0, 0.05) is 34.3 Å². The lowest BCUT2D eigenvalue weighted by molar-refractivity contribution is 0.226. The Balaban J connectivity index is 2.24. The van der Waals surface area contributed by atoms with E-state index in [4.69, 9.17) is 0 Å². The molecule has 0 spiro atoms. The maximum Gasteiger partial charge on any atom is 0.0368 e. The highest BCUT2D eigenvalue weighted by Gasteiger charge is 2.36. The number of benzene rings is 1. The summed E-state index contributed by atoms with van der Waals surface area (Å²) >= 11 is 3.48. The molecule has 0 aromatic heterocycles. The van der Waals surface area contributed by atoms with Gasteiger partial charge >= 0.3 is 0 Å². The van der Waals surface area contributed by atoms with Gasteiger partial charge in [-0.25, -0.2) is 0 Å². The summed E-state index contributed by atoms with van der Waals surface area (Å²) in [6, 6.07) is 8.58. The van der Waals surface area contributed by atoms with E-state index in [-0.39, 0.29) is 11.1 Å². The lowest BCUT2D eigenvalue weighted by atomic mass is 9.91.